The van der Waals surface area contributed by atoms with E-state index >= 15 is 0 Å². The van der Waals surface area contributed by atoms with Crippen LogP contribution in [0.25, 0.3) is 22.2 Å². The predicted octanol–water partition coefficient (Wildman–Crippen LogP) is 4.75. The molecule has 2 aromatic heterocycles. The van der Waals surface area contributed by atoms with Gasteiger partial charge in [0.05, 0.1) is 23.5 Å². The first-order valence-electron chi connectivity index (χ1n) is 11.7. The predicted molar refractivity (Wildman–Crippen MR) is 130 cm³/mol. The number of imidazole rings is 1. The molecule has 0 amide bonds. The van der Waals surface area contributed by atoms with Gasteiger partial charge in [-0.25, -0.2) is 15.0 Å². The molecule has 10 heteroatoms. The fraction of sp³-hybridized carbons (Fsp3) is 0.308. The maximum absolute atomic E-state index is 12.9. The summed E-state index contributed by atoms with van der Waals surface area (Å²) in [6.45, 7) is 0.525. The van der Waals surface area contributed by atoms with Crippen LogP contribution in [-0.2, 0) is 11.3 Å². The SMILES string of the molecule is Cc1nc2ccc(-c3cnc(N4CCC(C(=O)O)CC4)nc3)cc2n1Cc1ccccc1OC(F)F. The molecule has 0 aliphatic carbocycles. The summed E-state index contributed by atoms with van der Waals surface area (Å²) >= 11 is 0. The number of halogens is 2. The number of aliphatic carboxylic acids is 1. The van der Waals surface area contributed by atoms with Gasteiger partial charge in [-0.3, -0.25) is 4.79 Å². The minimum absolute atomic E-state index is 0.140. The van der Waals surface area contributed by atoms with Crippen molar-refractivity contribution in [1.29, 1.82) is 0 Å². The lowest BCUT2D eigenvalue weighted by Crippen LogP contribution is -2.37. The molecular weight excluding hydrogens is 468 g/mol. The highest BCUT2D eigenvalue weighted by molar-refractivity contribution is 5.82. The lowest BCUT2D eigenvalue weighted by molar-refractivity contribution is -0.142. The summed E-state index contributed by atoms with van der Waals surface area (Å²) in [5.41, 5.74) is 4.01. The zero-order chi connectivity index (χ0) is 25.2. The number of aryl methyl sites for hydroxylation is 1. The summed E-state index contributed by atoms with van der Waals surface area (Å²) in [4.78, 5) is 26.9. The molecule has 5 rings (SSSR count). The van der Waals surface area contributed by atoms with Gasteiger partial charge in [-0.1, -0.05) is 24.3 Å². The Balaban J connectivity index is 1.40. The third kappa shape index (κ3) is 4.84. The molecule has 0 radical (unpaired) electrons. The van der Waals surface area contributed by atoms with E-state index in [1.165, 1.54) is 6.07 Å². The zero-order valence-electron chi connectivity index (χ0n) is 19.6. The fourth-order valence-corrected chi connectivity index (χ4v) is 4.60. The molecular formula is C26H25F2N5O3. The molecule has 1 aliphatic rings. The monoisotopic (exact) mass is 493 g/mol. The Bertz CT molecular complexity index is 1380. The Kier molecular flexibility index (Phi) is 6.49. The number of para-hydroxylation sites is 1. The second kappa shape index (κ2) is 9.88. The molecule has 0 spiro atoms. The van der Waals surface area contributed by atoms with Crippen molar-refractivity contribution in [2.75, 3.05) is 18.0 Å². The van der Waals surface area contributed by atoms with Crippen molar-refractivity contribution in [2.24, 2.45) is 5.92 Å². The van der Waals surface area contributed by atoms with Crippen molar-refractivity contribution in [3.8, 4) is 16.9 Å². The molecule has 0 saturated carbocycles. The quantitative estimate of drug-likeness (QED) is 0.397. The molecule has 1 N–H and O–H groups in total. The number of aromatic nitrogens is 4. The van der Waals surface area contributed by atoms with Crippen LogP contribution >= 0.6 is 0 Å². The maximum Gasteiger partial charge on any atom is 0.387 e. The molecule has 8 nitrogen and oxygen atoms in total. The van der Waals surface area contributed by atoms with Crippen molar-refractivity contribution >= 4 is 23.0 Å². The standard InChI is InChI=1S/C26H25F2N5O3/c1-16-31-21-7-6-18(12-22(21)33(16)15-19-4-2-3-5-23(19)36-25(27)28)20-13-29-26(30-14-20)32-10-8-17(9-11-32)24(34)35/h2-7,12-14,17,25H,8-11,15H2,1H3,(H,34,35). The third-order valence-corrected chi connectivity index (χ3v) is 6.55. The van der Waals surface area contributed by atoms with Gasteiger partial charge in [0.15, 0.2) is 0 Å². The second-order valence-corrected chi connectivity index (χ2v) is 8.81. The first-order valence-corrected chi connectivity index (χ1v) is 11.7. The highest BCUT2D eigenvalue weighted by Crippen LogP contribution is 2.28. The van der Waals surface area contributed by atoms with Crippen LogP contribution in [0.2, 0.25) is 0 Å². The molecule has 0 atom stereocenters. The van der Waals surface area contributed by atoms with Crippen LogP contribution in [0.5, 0.6) is 5.75 Å². The van der Waals surface area contributed by atoms with Crippen molar-refractivity contribution < 1.29 is 23.4 Å². The van der Waals surface area contributed by atoms with E-state index in [4.69, 9.17) is 4.74 Å². The molecule has 2 aromatic carbocycles. The van der Waals surface area contributed by atoms with Crippen molar-refractivity contribution in [3.05, 3.63) is 66.2 Å². The van der Waals surface area contributed by atoms with Gasteiger partial charge in [0, 0.05) is 36.6 Å². The van der Waals surface area contributed by atoms with E-state index in [0.717, 1.165) is 28.0 Å². The fourth-order valence-electron chi connectivity index (χ4n) is 4.60. The second-order valence-electron chi connectivity index (χ2n) is 8.81. The molecule has 0 bridgehead atoms. The van der Waals surface area contributed by atoms with Gasteiger partial charge in [0.1, 0.15) is 11.6 Å². The first-order chi connectivity index (χ1) is 17.4. The molecule has 3 heterocycles. The van der Waals surface area contributed by atoms with Crippen LogP contribution in [0.4, 0.5) is 14.7 Å². The number of hydrogen-bond acceptors (Lipinski definition) is 6. The average molecular weight is 494 g/mol. The van der Waals surface area contributed by atoms with Crippen LogP contribution in [-0.4, -0.2) is 50.3 Å². The lowest BCUT2D eigenvalue weighted by Gasteiger charge is -2.30. The number of benzene rings is 2. The Labute approximate surface area is 206 Å². The van der Waals surface area contributed by atoms with Gasteiger partial charge in [-0.15, -0.1) is 0 Å². The summed E-state index contributed by atoms with van der Waals surface area (Å²) in [5.74, 6) is 0.419. The number of alkyl halides is 2. The minimum Gasteiger partial charge on any atom is -0.481 e. The van der Waals surface area contributed by atoms with Crippen LogP contribution in [0.15, 0.2) is 54.9 Å². The number of carbonyl (C=O) groups is 1. The van der Waals surface area contributed by atoms with Gasteiger partial charge in [-0.2, -0.15) is 8.78 Å². The lowest BCUT2D eigenvalue weighted by atomic mass is 9.97. The van der Waals surface area contributed by atoms with E-state index < -0.39 is 12.6 Å². The Morgan fingerprint density at radius 1 is 1.11 bits per heavy atom. The number of carboxylic acids is 1. The maximum atomic E-state index is 12.9. The molecule has 1 aliphatic heterocycles. The van der Waals surface area contributed by atoms with E-state index in [1.54, 1.807) is 30.6 Å². The summed E-state index contributed by atoms with van der Waals surface area (Å²) < 4.78 is 32.4. The van der Waals surface area contributed by atoms with Gasteiger partial charge in [-0.05, 0) is 43.5 Å². The highest BCUT2D eigenvalue weighted by atomic mass is 19.3. The van der Waals surface area contributed by atoms with Crippen molar-refractivity contribution in [2.45, 2.75) is 32.9 Å². The number of carboxylic acid groups (broad SMARTS) is 1. The Hall–Kier alpha value is -4.08. The number of hydrogen-bond donors (Lipinski definition) is 1. The summed E-state index contributed by atoms with van der Waals surface area (Å²) in [6, 6.07) is 12.6. The van der Waals surface area contributed by atoms with E-state index in [2.05, 4.69) is 15.0 Å². The Morgan fingerprint density at radius 3 is 2.53 bits per heavy atom. The topological polar surface area (TPSA) is 93.4 Å². The average Bonchev–Trinajstić information content (AvgIpc) is 3.19. The summed E-state index contributed by atoms with van der Waals surface area (Å²) in [5, 5.41) is 9.19. The van der Waals surface area contributed by atoms with Crippen LogP contribution in [0, 0.1) is 12.8 Å². The third-order valence-electron chi connectivity index (χ3n) is 6.55. The summed E-state index contributed by atoms with van der Waals surface area (Å²) in [6.07, 6.45) is 4.66. The van der Waals surface area contributed by atoms with Crippen molar-refractivity contribution in [1.82, 2.24) is 19.5 Å². The summed E-state index contributed by atoms with van der Waals surface area (Å²) in [7, 11) is 0. The zero-order valence-corrected chi connectivity index (χ0v) is 19.6. The van der Waals surface area contributed by atoms with Gasteiger partial charge in [0.2, 0.25) is 5.95 Å². The number of anilines is 1. The van der Waals surface area contributed by atoms with Gasteiger partial charge < -0.3 is 19.3 Å². The van der Waals surface area contributed by atoms with E-state index in [-0.39, 0.29) is 11.7 Å². The minimum atomic E-state index is -2.90. The molecule has 1 saturated heterocycles. The normalized spacial score (nSPS) is 14.5. The van der Waals surface area contributed by atoms with E-state index in [1.807, 2.05) is 34.6 Å². The number of fused-ring (bicyclic) bond motifs is 1. The smallest absolute Gasteiger partial charge is 0.387 e. The van der Waals surface area contributed by atoms with E-state index in [9.17, 15) is 18.7 Å². The molecule has 36 heavy (non-hydrogen) atoms. The Morgan fingerprint density at radius 2 is 1.83 bits per heavy atom. The van der Waals surface area contributed by atoms with E-state index in [0.29, 0.717) is 44.0 Å². The number of nitrogens with zero attached hydrogens (tertiary/aromatic N) is 5. The van der Waals surface area contributed by atoms with Crippen LogP contribution in [0.1, 0.15) is 24.2 Å². The van der Waals surface area contributed by atoms with Crippen molar-refractivity contribution in [3.63, 3.8) is 0 Å². The molecule has 1 fully saturated rings. The van der Waals surface area contributed by atoms with Crippen LogP contribution < -0.4 is 9.64 Å². The molecule has 4 aromatic rings. The number of piperidine rings is 1. The number of rotatable bonds is 7. The largest absolute Gasteiger partial charge is 0.481 e. The molecule has 186 valence electrons. The van der Waals surface area contributed by atoms with Gasteiger partial charge >= 0.3 is 12.6 Å². The first kappa shape index (κ1) is 23.7. The van der Waals surface area contributed by atoms with Gasteiger partial charge in [0.25, 0.3) is 0 Å². The molecule has 0 unspecified atom stereocenters. The number of ether oxygens (including phenoxy) is 1. The van der Waals surface area contributed by atoms with Crippen LogP contribution in [0.3, 0.4) is 0 Å². The highest BCUT2D eigenvalue weighted by Gasteiger charge is 2.25.